The maximum Gasteiger partial charge on any atom is 0.339 e. The first-order valence-electron chi connectivity index (χ1n) is 6.05. The number of carboxylic acids is 1. The van der Waals surface area contributed by atoms with E-state index in [0.29, 0.717) is 11.5 Å². The van der Waals surface area contributed by atoms with Crippen LogP contribution >= 0.6 is 0 Å². The van der Waals surface area contributed by atoms with Crippen LogP contribution in [0.2, 0.25) is 0 Å². The number of rotatable bonds is 5. The van der Waals surface area contributed by atoms with Gasteiger partial charge in [0.15, 0.2) is 0 Å². The molecule has 0 aromatic carbocycles. The van der Waals surface area contributed by atoms with Gasteiger partial charge < -0.3 is 14.8 Å². The van der Waals surface area contributed by atoms with E-state index >= 15 is 0 Å². The molecule has 2 aromatic rings. The molecule has 2 heterocycles. The molecule has 9 nitrogen and oxygen atoms in total. The van der Waals surface area contributed by atoms with E-state index in [1.165, 1.54) is 10.7 Å². The van der Waals surface area contributed by atoms with Gasteiger partial charge in [0.2, 0.25) is 5.82 Å². The molecule has 0 radical (unpaired) electrons. The lowest BCUT2D eigenvalue weighted by Crippen LogP contribution is -2.06. The van der Waals surface area contributed by atoms with Crippen molar-refractivity contribution in [3.05, 3.63) is 39.0 Å². The monoisotopic (exact) mass is 294 g/mol. The Bertz CT molecular complexity index is 716. The molecular formula is C12H14N4O5. The number of aryl methyl sites for hydroxylation is 3. The smallest absolute Gasteiger partial charge is 0.339 e. The highest BCUT2D eigenvalue weighted by Crippen LogP contribution is 2.28. The molecule has 2 aromatic heterocycles. The zero-order valence-electron chi connectivity index (χ0n) is 11.7. The zero-order chi connectivity index (χ0) is 15.7. The van der Waals surface area contributed by atoms with E-state index in [4.69, 9.17) is 9.52 Å². The third kappa shape index (κ3) is 2.71. The van der Waals surface area contributed by atoms with Gasteiger partial charge in [-0.1, -0.05) is 0 Å². The van der Waals surface area contributed by atoms with Crippen LogP contribution in [0.1, 0.15) is 27.6 Å². The van der Waals surface area contributed by atoms with Gasteiger partial charge in [0.1, 0.15) is 22.8 Å². The summed E-state index contributed by atoms with van der Waals surface area (Å²) in [5.41, 5.74) is 0.258. The average Bonchev–Trinajstić information content (AvgIpc) is 2.87. The number of carbonyl (C=O) groups is 1. The van der Waals surface area contributed by atoms with Crippen LogP contribution in [0.4, 0.5) is 11.5 Å². The van der Waals surface area contributed by atoms with Gasteiger partial charge in [-0.3, -0.25) is 10.1 Å². The van der Waals surface area contributed by atoms with Crippen LogP contribution in [-0.2, 0) is 13.6 Å². The number of hydrogen-bond donors (Lipinski definition) is 2. The van der Waals surface area contributed by atoms with Crippen molar-refractivity contribution in [1.82, 2.24) is 9.78 Å². The maximum absolute atomic E-state index is 11.0. The number of carboxylic acid groups (broad SMARTS) is 1. The fourth-order valence-electron chi connectivity index (χ4n) is 2.08. The van der Waals surface area contributed by atoms with Crippen molar-refractivity contribution in [3.63, 3.8) is 0 Å². The second-order valence-electron chi connectivity index (χ2n) is 4.50. The van der Waals surface area contributed by atoms with Gasteiger partial charge in [-0.15, -0.1) is 0 Å². The van der Waals surface area contributed by atoms with Gasteiger partial charge in [-0.2, -0.15) is 5.10 Å². The molecule has 0 atom stereocenters. The Labute approximate surface area is 119 Å². The van der Waals surface area contributed by atoms with E-state index in [0.717, 1.165) is 0 Å². The SMILES string of the molecule is Cc1nn(C)c(NCc2cc(C(=O)O)c(C)o2)c1[N+](=O)[O-]. The van der Waals surface area contributed by atoms with Gasteiger partial charge in [0, 0.05) is 7.05 Å². The number of nitrogens with zero attached hydrogens (tertiary/aromatic N) is 3. The van der Waals surface area contributed by atoms with Crippen molar-refractivity contribution in [2.75, 3.05) is 5.32 Å². The molecule has 0 unspecified atom stereocenters. The van der Waals surface area contributed by atoms with Crippen molar-refractivity contribution in [2.45, 2.75) is 20.4 Å². The topological polar surface area (TPSA) is 123 Å². The van der Waals surface area contributed by atoms with E-state index in [1.54, 1.807) is 20.9 Å². The minimum absolute atomic E-state index is 0.0717. The molecule has 0 saturated carbocycles. The van der Waals surface area contributed by atoms with Gasteiger partial charge in [-0.05, 0) is 19.9 Å². The summed E-state index contributed by atoms with van der Waals surface area (Å²) < 4.78 is 6.66. The van der Waals surface area contributed by atoms with E-state index in [9.17, 15) is 14.9 Å². The number of furan rings is 1. The normalized spacial score (nSPS) is 10.6. The summed E-state index contributed by atoms with van der Waals surface area (Å²) in [6.07, 6.45) is 0. The predicted molar refractivity (Wildman–Crippen MR) is 72.3 cm³/mol. The summed E-state index contributed by atoms with van der Waals surface area (Å²) in [6, 6.07) is 1.39. The number of nitro groups is 1. The molecular weight excluding hydrogens is 280 g/mol. The summed E-state index contributed by atoms with van der Waals surface area (Å²) >= 11 is 0. The minimum Gasteiger partial charge on any atom is -0.478 e. The Morgan fingerprint density at radius 2 is 2.24 bits per heavy atom. The average molecular weight is 294 g/mol. The van der Waals surface area contributed by atoms with Crippen LogP contribution in [0.25, 0.3) is 0 Å². The molecule has 2 N–H and O–H groups in total. The second-order valence-corrected chi connectivity index (χ2v) is 4.50. The van der Waals surface area contributed by atoms with Crippen LogP contribution in [0.5, 0.6) is 0 Å². The van der Waals surface area contributed by atoms with Crippen LogP contribution in [-0.4, -0.2) is 25.8 Å². The molecule has 0 fully saturated rings. The summed E-state index contributed by atoms with van der Waals surface area (Å²) in [7, 11) is 1.58. The second kappa shape index (κ2) is 5.27. The maximum atomic E-state index is 11.0. The Hall–Kier alpha value is -2.84. The fraction of sp³-hybridized carbons (Fsp3) is 0.333. The van der Waals surface area contributed by atoms with E-state index in [1.807, 2.05) is 0 Å². The van der Waals surface area contributed by atoms with Gasteiger partial charge in [0.05, 0.1) is 11.5 Å². The van der Waals surface area contributed by atoms with Crippen molar-refractivity contribution in [3.8, 4) is 0 Å². The van der Waals surface area contributed by atoms with Crippen molar-refractivity contribution >= 4 is 17.5 Å². The Kier molecular flexibility index (Phi) is 3.66. The molecule has 0 spiro atoms. The molecule has 0 saturated heterocycles. The van der Waals surface area contributed by atoms with Crippen molar-refractivity contribution in [2.24, 2.45) is 7.05 Å². The summed E-state index contributed by atoms with van der Waals surface area (Å²) in [5, 5.41) is 26.8. The number of aromatic carboxylic acids is 1. The fourth-order valence-corrected chi connectivity index (χ4v) is 2.08. The minimum atomic E-state index is -1.08. The van der Waals surface area contributed by atoms with Crippen LogP contribution < -0.4 is 5.32 Å². The predicted octanol–water partition coefficient (Wildman–Crippen LogP) is 1.85. The molecule has 0 amide bonds. The Balaban J connectivity index is 2.23. The van der Waals surface area contributed by atoms with E-state index in [-0.39, 0.29) is 29.4 Å². The summed E-state index contributed by atoms with van der Waals surface area (Å²) in [5.74, 6) is -0.179. The highest BCUT2D eigenvalue weighted by atomic mass is 16.6. The highest BCUT2D eigenvalue weighted by Gasteiger charge is 2.24. The van der Waals surface area contributed by atoms with E-state index < -0.39 is 10.9 Å². The van der Waals surface area contributed by atoms with Crippen LogP contribution in [0.15, 0.2) is 10.5 Å². The quantitative estimate of drug-likeness (QED) is 0.637. The zero-order valence-corrected chi connectivity index (χ0v) is 11.7. The molecule has 0 aliphatic carbocycles. The Morgan fingerprint density at radius 3 is 2.76 bits per heavy atom. The summed E-state index contributed by atoms with van der Waals surface area (Å²) in [6.45, 7) is 3.21. The first kappa shape index (κ1) is 14.6. The number of hydrogen-bond acceptors (Lipinski definition) is 6. The van der Waals surface area contributed by atoms with Gasteiger partial charge in [0.25, 0.3) is 0 Å². The molecule has 112 valence electrons. The molecule has 21 heavy (non-hydrogen) atoms. The lowest BCUT2D eigenvalue weighted by molar-refractivity contribution is -0.384. The first-order valence-corrected chi connectivity index (χ1v) is 6.05. The van der Waals surface area contributed by atoms with Crippen molar-refractivity contribution in [1.29, 1.82) is 0 Å². The lowest BCUT2D eigenvalue weighted by atomic mass is 10.2. The third-order valence-corrected chi connectivity index (χ3v) is 3.00. The number of nitrogens with one attached hydrogen (secondary N) is 1. The van der Waals surface area contributed by atoms with Crippen LogP contribution in [0, 0.1) is 24.0 Å². The lowest BCUT2D eigenvalue weighted by Gasteiger charge is -2.03. The number of anilines is 1. The largest absolute Gasteiger partial charge is 0.478 e. The van der Waals surface area contributed by atoms with Gasteiger partial charge in [-0.25, -0.2) is 9.48 Å². The highest BCUT2D eigenvalue weighted by molar-refractivity contribution is 5.88. The molecule has 2 rings (SSSR count). The Morgan fingerprint density at radius 1 is 1.57 bits per heavy atom. The van der Waals surface area contributed by atoms with E-state index in [2.05, 4.69) is 10.4 Å². The first-order chi connectivity index (χ1) is 9.81. The molecule has 0 aliphatic rings. The standard InChI is InChI=1S/C12H14N4O5/c1-6-10(16(19)20)11(15(3)14-6)13-5-8-4-9(12(17)18)7(2)21-8/h4,13H,5H2,1-3H3,(H,17,18). The summed E-state index contributed by atoms with van der Waals surface area (Å²) in [4.78, 5) is 21.4. The molecule has 0 bridgehead atoms. The van der Waals surface area contributed by atoms with Crippen molar-refractivity contribution < 1.29 is 19.2 Å². The van der Waals surface area contributed by atoms with Gasteiger partial charge >= 0.3 is 11.7 Å². The molecule has 0 aliphatic heterocycles. The third-order valence-electron chi connectivity index (χ3n) is 3.00. The van der Waals surface area contributed by atoms with Crippen LogP contribution in [0.3, 0.4) is 0 Å². The molecule has 9 heteroatoms. The number of aromatic nitrogens is 2.